The molecule has 16 heavy (non-hydrogen) atoms. The van der Waals surface area contributed by atoms with Crippen LogP contribution in [0.5, 0.6) is 0 Å². The maximum Gasteiger partial charge on any atom is 0.337 e. The van der Waals surface area contributed by atoms with Crippen molar-refractivity contribution in [2.24, 2.45) is 0 Å². The SMILES string of the molecule is C#CCC(CO)Nc1ccc(C(=O)O)cn1. The van der Waals surface area contributed by atoms with Gasteiger partial charge in [-0.3, -0.25) is 0 Å². The Labute approximate surface area is 93.1 Å². The number of carboxylic acids is 1. The minimum atomic E-state index is -1.03. The highest BCUT2D eigenvalue weighted by Crippen LogP contribution is 2.07. The quantitative estimate of drug-likeness (QED) is 0.632. The highest BCUT2D eigenvalue weighted by atomic mass is 16.4. The summed E-state index contributed by atoms with van der Waals surface area (Å²) < 4.78 is 0. The van der Waals surface area contributed by atoms with Crippen LogP contribution in [0.4, 0.5) is 5.82 Å². The maximum atomic E-state index is 10.6. The summed E-state index contributed by atoms with van der Waals surface area (Å²) in [7, 11) is 0. The minimum absolute atomic E-state index is 0.105. The first-order valence-corrected chi connectivity index (χ1v) is 4.67. The zero-order valence-corrected chi connectivity index (χ0v) is 8.55. The Kier molecular flexibility index (Phi) is 4.30. The van der Waals surface area contributed by atoms with E-state index in [1.807, 2.05) is 0 Å². The lowest BCUT2D eigenvalue weighted by Crippen LogP contribution is -2.23. The fourth-order valence-electron chi connectivity index (χ4n) is 1.12. The Bertz CT molecular complexity index is 395. The second-order valence-corrected chi connectivity index (χ2v) is 3.17. The van der Waals surface area contributed by atoms with E-state index in [1.54, 1.807) is 0 Å². The number of pyridine rings is 1. The summed E-state index contributed by atoms with van der Waals surface area (Å²) in [6, 6.07) is 2.69. The Morgan fingerprint density at radius 1 is 1.62 bits per heavy atom. The normalized spacial score (nSPS) is 11.5. The molecule has 0 saturated heterocycles. The van der Waals surface area contributed by atoms with E-state index in [-0.39, 0.29) is 18.2 Å². The van der Waals surface area contributed by atoms with Crippen molar-refractivity contribution in [1.82, 2.24) is 4.98 Å². The Balaban J connectivity index is 2.68. The molecule has 0 aliphatic rings. The second kappa shape index (κ2) is 5.73. The van der Waals surface area contributed by atoms with Crippen LogP contribution in [0.15, 0.2) is 18.3 Å². The van der Waals surface area contributed by atoms with Crippen LogP contribution in [0.2, 0.25) is 0 Å². The number of aliphatic hydroxyl groups is 1. The highest BCUT2D eigenvalue weighted by molar-refractivity contribution is 5.87. The summed E-state index contributed by atoms with van der Waals surface area (Å²) in [5.74, 6) is 1.88. The molecule has 1 rings (SSSR count). The molecule has 0 fully saturated rings. The third-order valence-electron chi connectivity index (χ3n) is 1.95. The average Bonchev–Trinajstić information content (AvgIpc) is 2.29. The number of aromatic carboxylic acids is 1. The molecule has 0 amide bonds. The molecule has 1 heterocycles. The predicted molar refractivity (Wildman–Crippen MR) is 59.1 cm³/mol. The van der Waals surface area contributed by atoms with Gasteiger partial charge in [-0.25, -0.2) is 9.78 Å². The number of rotatable bonds is 5. The van der Waals surface area contributed by atoms with Crippen LogP contribution in [0, 0.1) is 12.3 Å². The van der Waals surface area contributed by atoms with Gasteiger partial charge in [0, 0.05) is 12.6 Å². The van der Waals surface area contributed by atoms with E-state index in [1.165, 1.54) is 18.3 Å². The van der Waals surface area contributed by atoms with Gasteiger partial charge < -0.3 is 15.5 Å². The number of hydrogen-bond donors (Lipinski definition) is 3. The van der Waals surface area contributed by atoms with Crippen LogP contribution in [0.25, 0.3) is 0 Å². The minimum Gasteiger partial charge on any atom is -0.478 e. The molecule has 5 nitrogen and oxygen atoms in total. The molecule has 84 valence electrons. The van der Waals surface area contributed by atoms with Gasteiger partial charge in [0.25, 0.3) is 0 Å². The van der Waals surface area contributed by atoms with Crippen molar-refractivity contribution >= 4 is 11.8 Å². The average molecular weight is 220 g/mol. The standard InChI is InChI=1S/C11H12N2O3/c1-2-3-9(7-14)13-10-5-4-8(6-12-10)11(15)16/h1,4-6,9,14H,3,7H2,(H,12,13)(H,15,16). The topological polar surface area (TPSA) is 82.5 Å². The van der Waals surface area contributed by atoms with Crippen LogP contribution < -0.4 is 5.32 Å². The van der Waals surface area contributed by atoms with Crippen molar-refractivity contribution in [2.45, 2.75) is 12.5 Å². The molecule has 5 heteroatoms. The number of hydrogen-bond acceptors (Lipinski definition) is 4. The molecule has 1 unspecified atom stereocenters. The van der Waals surface area contributed by atoms with Gasteiger partial charge in [0.15, 0.2) is 0 Å². The van der Waals surface area contributed by atoms with Gasteiger partial charge in [0.05, 0.1) is 18.2 Å². The maximum absolute atomic E-state index is 10.6. The second-order valence-electron chi connectivity index (χ2n) is 3.17. The molecule has 0 aromatic carbocycles. The van der Waals surface area contributed by atoms with E-state index in [9.17, 15) is 4.79 Å². The van der Waals surface area contributed by atoms with E-state index in [0.717, 1.165) is 0 Å². The molecule has 0 bridgehead atoms. The summed E-state index contributed by atoms with van der Waals surface area (Å²) in [4.78, 5) is 14.5. The number of aromatic nitrogens is 1. The Morgan fingerprint density at radius 2 is 2.38 bits per heavy atom. The predicted octanol–water partition coefficient (Wildman–Crippen LogP) is 0.576. The first-order chi connectivity index (χ1) is 7.67. The van der Waals surface area contributed by atoms with Crippen LogP contribution in [-0.4, -0.2) is 33.8 Å². The number of aliphatic hydroxyl groups excluding tert-OH is 1. The lowest BCUT2D eigenvalue weighted by atomic mass is 10.2. The first-order valence-electron chi connectivity index (χ1n) is 4.67. The molecule has 1 aromatic rings. The van der Waals surface area contributed by atoms with Crippen LogP contribution in [0.1, 0.15) is 16.8 Å². The van der Waals surface area contributed by atoms with Crippen LogP contribution in [0.3, 0.4) is 0 Å². The summed E-state index contributed by atoms with van der Waals surface area (Å²) in [5.41, 5.74) is 0.114. The van der Waals surface area contributed by atoms with Gasteiger partial charge in [0.1, 0.15) is 5.82 Å². The van der Waals surface area contributed by atoms with Crippen molar-refractivity contribution in [3.63, 3.8) is 0 Å². The van der Waals surface area contributed by atoms with E-state index < -0.39 is 5.97 Å². The molecule has 1 aromatic heterocycles. The number of nitrogens with one attached hydrogen (secondary N) is 1. The van der Waals surface area contributed by atoms with Gasteiger partial charge in [0.2, 0.25) is 0 Å². The van der Waals surface area contributed by atoms with Crippen molar-refractivity contribution in [2.75, 3.05) is 11.9 Å². The summed E-state index contributed by atoms with van der Waals surface area (Å²) in [5, 5.41) is 20.5. The molecular formula is C11H12N2O3. The fourth-order valence-corrected chi connectivity index (χ4v) is 1.12. The molecule has 0 saturated carbocycles. The van der Waals surface area contributed by atoms with Crippen LogP contribution in [-0.2, 0) is 0 Å². The van der Waals surface area contributed by atoms with Crippen molar-refractivity contribution in [3.8, 4) is 12.3 Å². The highest BCUT2D eigenvalue weighted by Gasteiger charge is 2.07. The molecule has 3 N–H and O–H groups in total. The van der Waals surface area contributed by atoms with E-state index in [2.05, 4.69) is 16.2 Å². The third kappa shape index (κ3) is 3.26. The fraction of sp³-hybridized carbons (Fsp3) is 0.273. The first kappa shape index (κ1) is 12.0. The van der Waals surface area contributed by atoms with Gasteiger partial charge >= 0.3 is 5.97 Å². The van der Waals surface area contributed by atoms with Crippen LogP contribution >= 0.6 is 0 Å². The van der Waals surface area contributed by atoms with Crippen molar-refractivity contribution in [1.29, 1.82) is 0 Å². The van der Waals surface area contributed by atoms with Crippen molar-refractivity contribution in [3.05, 3.63) is 23.9 Å². The number of anilines is 1. The zero-order chi connectivity index (χ0) is 12.0. The van der Waals surface area contributed by atoms with Gasteiger partial charge in [-0.05, 0) is 12.1 Å². The van der Waals surface area contributed by atoms with E-state index >= 15 is 0 Å². The largest absolute Gasteiger partial charge is 0.478 e. The van der Waals surface area contributed by atoms with Crippen molar-refractivity contribution < 1.29 is 15.0 Å². The lowest BCUT2D eigenvalue weighted by Gasteiger charge is -2.13. The smallest absolute Gasteiger partial charge is 0.337 e. The molecule has 0 radical (unpaired) electrons. The number of carbonyl (C=O) groups is 1. The Morgan fingerprint density at radius 3 is 2.81 bits per heavy atom. The van der Waals surface area contributed by atoms with Gasteiger partial charge in [-0.2, -0.15) is 0 Å². The van der Waals surface area contributed by atoms with Gasteiger partial charge in [-0.15, -0.1) is 12.3 Å². The summed E-state index contributed by atoms with van der Waals surface area (Å²) in [6.45, 7) is -0.105. The zero-order valence-electron chi connectivity index (χ0n) is 8.55. The molecule has 0 spiro atoms. The summed E-state index contributed by atoms with van der Waals surface area (Å²) in [6.07, 6.45) is 6.74. The molecule has 0 aliphatic carbocycles. The molecule has 1 atom stereocenters. The lowest BCUT2D eigenvalue weighted by molar-refractivity contribution is 0.0696. The van der Waals surface area contributed by atoms with Gasteiger partial charge in [-0.1, -0.05) is 0 Å². The number of terminal acetylenes is 1. The molecule has 0 aliphatic heterocycles. The number of nitrogens with zero attached hydrogens (tertiary/aromatic N) is 1. The Hall–Kier alpha value is -2.06. The van der Waals surface area contributed by atoms with E-state index in [4.69, 9.17) is 16.6 Å². The van der Waals surface area contributed by atoms with E-state index in [0.29, 0.717) is 12.2 Å². The summed E-state index contributed by atoms with van der Waals surface area (Å²) >= 11 is 0. The monoisotopic (exact) mass is 220 g/mol. The molecular weight excluding hydrogens is 208 g/mol. The number of carboxylic acid groups (broad SMARTS) is 1. The third-order valence-corrected chi connectivity index (χ3v) is 1.95.